The number of carbonyl (C=O) groups excluding carboxylic acids is 1. The van der Waals surface area contributed by atoms with Crippen molar-refractivity contribution < 1.29 is 36.0 Å². The van der Waals surface area contributed by atoms with Gasteiger partial charge in [0.05, 0.1) is 31.9 Å². The average Bonchev–Trinajstić information content (AvgIpc) is 3.16. The van der Waals surface area contributed by atoms with E-state index in [2.05, 4.69) is 9.88 Å². The number of rotatable bonds is 8. The number of aryl methyl sites for hydroxylation is 2. The van der Waals surface area contributed by atoms with E-state index in [1.54, 1.807) is 19.9 Å². The Bertz CT molecular complexity index is 1340. The lowest BCUT2D eigenvalue weighted by molar-refractivity contribution is -0.134. The lowest BCUT2D eigenvalue weighted by atomic mass is 10.0. The molecule has 0 radical (unpaired) electrons. The maximum Gasteiger partial charge on any atom is 0.248 e. The van der Waals surface area contributed by atoms with E-state index in [0.717, 1.165) is 6.26 Å². The Hall–Kier alpha value is -2.68. The van der Waals surface area contributed by atoms with Gasteiger partial charge in [-0.3, -0.25) is 9.52 Å². The monoisotopic (exact) mass is 558 g/mol. The van der Waals surface area contributed by atoms with Gasteiger partial charge >= 0.3 is 0 Å². The molecule has 1 aromatic heterocycles. The van der Waals surface area contributed by atoms with Gasteiger partial charge in [0, 0.05) is 30.8 Å². The predicted octanol–water partition coefficient (Wildman–Crippen LogP) is 1.13. The Balaban J connectivity index is 2.02. The van der Waals surface area contributed by atoms with Gasteiger partial charge in [-0.05, 0) is 39.0 Å². The third-order valence-corrected chi connectivity index (χ3v) is 8.97. The van der Waals surface area contributed by atoms with Gasteiger partial charge in [0.25, 0.3) is 0 Å². The average molecular weight is 559 g/mol. The zero-order valence-electron chi connectivity index (χ0n) is 21.8. The highest BCUT2D eigenvalue weighted by molar-refractivity contribution is 7.92. The first kappa shape index (κ1) is 28.9. The molecular weight excluding hydrogens is 524 g/mol. The lowest BCUT2D eigenvalue weighted by Crippen LogP contribution is -2.48. The van der Waals surface area contributed by atoms with Gasteiger partial charge in [0.1, 0.15) is 22.4 Å². The SMILES string of the molecule is Cc1noc(C)c1S(=O)(=O)N(C)C[C@H]1Oc2ccc(NS(C)(=O)=O)cc2CC(=O)N([C@@H](C)CO)C[C@@H]1C. The summed E-state index contributed by atoms with van der Waals surface area (Å²) in [5.41, 5.74) is 0.947. The van der Waals surface area contributed by atoms with Crippen LogP contribution in [0.1, 0.15) is 30.9 Å². The number of anilines is 1. The number of hydrogen-bond acceptors (Lipinski definition) is 9. The minimum absolute atomic E-state index is 0.00619. The Morgan fingerprint density at radius 2 is 1.95 bits per heavy atom. The fourth-order valence-electron chi connectivity index (χ4n) is 4.28. The minimum Gasteiger partial charge on any atom is -0.488 e. The van der Waals surface area contributed by atoms with Crippen LogP contribution in [-0.2, 0) is 31.3 Å². The Morgan fingerprint density at radius 1 is 1.27 bits per heavy atom. The van der Waals surface area contributed by atoms with Gasteiger partial charge in [-0.15, -0.1) is 0 Å². The highest BCUT2D eigenvalue weighted by Crippen LogP contribution is 2.30. The number of aromatic nitrogens is 1. The van der Waals surface area contributed by atoms with Crippen molar-refractivity contribution in [2.45, 2.75) is 51.2 Å². The standard InChI is InChI=1S/C23H34N4O8S2/c1-14-11-27(15(2)13-28)22(29)10-18-9-19(25-36(6,30)31)7-8-20(18)34-21(14)12-26(5)37(32,33)23-16(3)24-35-17(23)4/h7-9,14-15,21,25,28H,10-13H2,1-6H3/t14-,15-,21+/m0/s1. The molecule has 12 nitrogen and oxygen atoms in total. The van der Waals surface area contributed by atoms with Crippen molar-refractivity contribution in [3.8, 4) is 5.75 Å². The number of carbonyl (C=O) groups is 1. The first-order valence-electron chi connectivity index (χ1n) is 11.7. The van der Waals surface area contributed by atoms with Gasteiger partial charge in [-0.1, -0.05) is 12.1 Å². The van der Waals surface area contributed by atoms with Crippen LogP contribution >= 0.6 is 0 Å². The highest BCUT2D eigenvalue weighted by atomic mass is 32.2. The van der Waals surface area contributed by atoms with E-state index < -0.39 is 32.2 Å². The number of aliphatic hydroxyl groups excluding tert-OH is 1. The number of nitrogens with zero attached hydrogens (tertiary/aromatic N) is 3. The van der Waals surface area contributed by atoms with E-state index in [4.69, 9.17) is 9.26 Å². The van der Waals surface area contributed by atoms with Crippen LogP contribution in [0.3, 0.4) is 0 Å². The largest absolute Gasteiger partial charge is 0.488 e. The number of nitrogens with one attached hydrogen (secondary N) is 1. The molecule has 1 amide bonds. The third-order valence-electron chi connectivity index (χ3n) is 6.29. The molecule has 14 heteroatoms. The van der Waals surface area contributed by atoms with Crippen molar-refractivity contribution in [1.29, 1.82) is 0 Å². The van der Waals surface area contributed by atoms with Crippen LogP contribution in [0.2, 0.25) is 0 Å². The Kier molecular flexibility index (Phi) is 8.57. The minimum atomic E-state index is -3.96. The Labute approximate surface area is 217 Å². The van der Waals surface area contributed by atoms with Gasteiger partial charge in [0.2, 0.25) is 26.0 Å². The van der Waals surface area contributed by atoms with Crippen LogP contribution in [0.15, 0.2) is 27.6 Å². The van der Waals surface area contributed by atoms with Crippen molar-refractivity contribution in [2.75, 3.05) is 37.7 Å². The number of amides is 1. The van der Waals surface area contributed by atoms with Crippen LogP contribution in [0.25, 0.3) is 0 Å². The van der Waals surface area contributed by atoms with Crippen LogP contribution in [0.4, 0.5) is 5.69 Å². The van der Waals surface area contributed by atoms with Gasteiger partial charge in [-0.25, -0.2) is 16.8 Å². The summed E-state index contributed by atoms with van der Waals surface area (Å²) >= 11 is 0. The summed E-state index contributed by atoms with van der Waals surface area (Å²) in [6, 6.07) is 4.11. The molecule has 0 saturated heterocycles. The van der Waals surface area contributed by atoms with Gasteiger partial charge in [-0.2, -0.15) is 4.31 Å². The normalized spacial score (nSPS) is 20.0. The maximum absolute atomic E-state index is 13.3. The van der Waals surface area contributed by atoms with Gasteiger partial charge in [0.15, 0.2) is 5.76 Å². The zero-order chi connectivity index (χ0) is 27.7. The molecule has 3 rings (SSSR count). The molecule has 0 bridgehead atoms. The summed E-state index contributed by atoms with van der Waals surface area (Å²) in [5.74, 6) is -0.0874. The third kappa shape index (κ3) is 6.61. The number of hydrogen-bond donors (Lipinski definition) is 2. The quantitative estimate of drug-likeness (QED) is 0.484. The summed E-state index contributed by atoms with van der Waals surface area (Å²) in [6.07, 6.45) is 0.242. The lowest BCUT2D eigenvalue weighted by Gasteiger charge is -2.33. The molecular formula is C23H34N4O8S2. The number of fused-ring (bicyclic) bond motifs is 1. The molecule has 0 spiro atoms. The summed E-state index contributed by atoms with van der Waals surface area (Å²) in [4.78, 5) is 14.8. The second-order valence-corrected chi connectivity index (χ2v) is 13.3. The van der Waals surface area contributed by atoms with Crippen LogP contribution in [0, 0.1) is 19.8 Å². The molecule has 37 heavy (non-hydrogen) atoms. The molecule has 2 N–H and O–H groups in total. The van der Waals surface area contributed by atoms with E-state index in [0.29, 0.717) is 11.3 Å². The van der Waals surface area contributed by atoms with Crippen molar-refractivity contribution in [3.63, 3.8) is 0 Å². The summed E-state index contributed by atoms with van der Waals surface area (Å²) in [5, 5.41) is 13.5. The number of aliphatic hydroxyl groups is 1. The van der Waals surface area contributed by atoms with E-state index >= 15 is 0 Å². The van der Waals surface area contributed by atoms with Gasteiger partial charge < -0.3 is 19.3 Å². The van der Waals surface area contributed by atoms with Crippen LogP contribution < -0.4 is 9.46 Å². The molecule has 1 aromatic carbocycles. The molecule has 206 valence electrons. The molecule has 1 aliphatic heterocycles. The predicted molar refractivity (Wildman–Crippen MR) is 136 cm³/mol. The van der Waals surface area contributed by atoms with E-state index in [9.17, 15) is 26.7 Å². The van der Waals surface area contributed by atoms with E-state index in [1.165, 1.54) is 35.3 Å². The van der Waals surface area contributed by atoms with Crippen molar-refractivity contribution in [3.05, 3.63) is 35.2 Å². The van der Waals surface area contributed by atoms with E-state index in [-0.39, 0.29) is 60.0 Å². The maximum atomic E-state index is 13.3. The first-order chi connectivity index (χ1) is 17.1. The summed E-state index contributed by atoms with van der Waals surface area (Å²) < 4.78 is 65.0. The molecule has 0 unspecified atom stereocenters. The molecule has 0 aliphatic carbocycles. The number of benzene rings is 1. The molecule has 1 aliphatic rings. The molecule has 2 heterocycles. The zero-order valence-corrected chi connectivity index (χ0v) is 23.4. The Morgan fingerprint density at radius 3 is 2.51 bits per heavy atom. The van der Waals surface area contributed by atoms with Crippen LogP contribution in [-0.4, -0.2) is 87.4 Å². The topological polar surface area (TPSA) is 159 Å². The van der Waals surface area contributed by atoms with Crippen molar-refractivity contribution >= 4 is 31.6 Å². The first-order valence-corrected chi connectivity index (χ1v) is 15.0. The summed E-state index contributed by atoms with van der Waals surface area (Å²) in [6.45, 7) is 6.54. The van der Waals surface area contributed by atoms with Crippen molar-refractivity contribution in [1.82, 2.24) is 14.4 Å². The second kappa shape index (κ2) is 11.0. The highest BCUT2D eigenvalue weighted by Gasteiger charge is 2.35. The smallest absolute Gasteiger partial charge is 0.248 e. The second-order valence-electron chi connectivity index (χ2n) is 9.52. The molecule has 0 saturated carbocycles. The van der Waals surface area contributed by atoms with E-state index in [1.807, 2.05) is 6.92 Å². The summed E-state index contributed by atoms with van der Waals surface area (Å²) in [7, 11) is -6.08. The van der Waals surface area contributed by atoms with Crippen molar-refractivity contribution in [2.24, 2.45) is 5.92 Å². The molecule has 0 fully saturated rings. The molecule has 3 atom stereocenters. The number of sulfonamides is 2. The fourth-order valence-corrected chi connectivity index (χ4v) is 6.30. The number of likely N-dealkylation sites (N-methyl/N-ethyl adjacent to an activating group) is 1. The molecule has 2 aromatic rings. The number of ether oxygens (including phenoxy) is 1. The fraction of sp³-hybridized carbons (Fsp3) is 0.565. The van der Waals surface area contributed by atoms with Crippen LogP contribution in [0.5, 0.6) is 5.75 Å².